The molecule has 0 radical (unpaired) electrons. The topological polar surface area (TPSA) is 62.7 Å². The number of nitrogens with zero attached hydrogens (tertiary/aromatic N) is 3. The highest BCUT2D eigenvalue weighted by Gasteiger charge is 2.31. The van der Waals surface area contributed by atoms with E-state index in [1.807, 2.05) is 0 Å². The van der Waals surface area contributed by atoms with Gasteiger partial charge in [0, 0.05) is 17.8 Å². The van der Waals surface area contributed by atoms with Crippen molar-refractivity contribution in [1.82, 2.24) is 15.0 Å². The van der Waals surface area contributed by atoms with Gasteiger partial charge in [-0.2, -0.15) is 28.1 Å². The van der Waals surface area contributed by atoms with E-state index in [0.29, 0.717) is 0 Å². The third-order valence-electron chi connectivity index (χ3n) is 2.31. The number of nitrogens with one attached hydrogen (secondary N) is 2. The Morgan fingerprint density at radius 3 is 2.29 bits per heavy atom. The zero-order valence-electron chi connectivity index (χ0n) is 10.5. The van der Waals surface area contributed by atoms with Gasteiger partial charge in [0.25, 0.3) is 0 Å². The fourth-order valence-electron chi connectivity index (χ4n) is 1.47. The van der Waals surface area contributed by atoms with Gasteiger partial charge in [-0.15, -0.1) is 0 Å². The van der Waals surface area contributed by atoms with Crippen LogP contribution in [0.2, 0.25) is 10.3 Å². The van der Waals surface area contributed by atoms with Crippen LogP contribution in [-0.4, -0.2) is 22.0 Å². The van der Waals surface area contributed by atoms with Crippen LogP contribution in [0.1, 0.15) is 5.56 Å². The predicted octanol–water partition coefficient (Wildman–Crippen LogP) is 3.98. The Morgan fingerprint density at radius 1 is 1.00 bits per heavy atom. The number of anilines is 3. The molecule has 0 spiro atoms. The summed E-state index contributed by atoms with van der Waals surface area (Å²) < 4.78 is 38.1. The van der Waals surface area contributed by atoms with E-state index in [9.17, 15) is 13.2 Å². The summed E-state index contributed by atoms with van der Waals surface area (Å²) in [7, 11) is 1.57. The van der Waals surface area contributed by atoms with Gasteiger partial charge in [-0.25, -0.2) is 0 Å². The zero-order valence-corrected chi connectivity index (χ0v) is 12.0. The third kappa shape index (κ3) is 4.08. The van der Waals surface area contributed by atoms with E-state index in [1.54, 1.807) is 7.05 Å². The Bertz CT molecular complexity index is 663. The largest absolute Gasteiger partial charge is 0.416 e. The zero-order chi connectivity index (χ0) is 15.6. The maximum absolute atomic E-state index is 12.7. The minimum absolute atomic E-state index is 0.00487. The molecule has 0 bridgehead atoms. The molecule has 0 fully saturated rings. The van der Waals surface area contributed by atoms with Crippen LogP contribution in [-0.2, 0) is 6.18 Å². The maximum atomic E-state index is 12.7. The fourth-order valence-corrected chi connectivity index (χ4v) is 1.87. The van der Waals surface area contributed by atoms with Gasteiger partial charge in [0.15, 0.2) is 0 Å². The van der Waals surface area contributed by atoms with E-state index in [2.05, 4.69) is 25.6 Å². The number of alkyl halides is 3. The van der Waals surface area contributed by atoms with E-state index in [4.69, 9.17) is 23.2 Å². The molecule has 0 atom stereocenters. The van der Waals surface area contributed by atoms with E-state index in [1.165, 1.54) is 6.07 Å². The van der Waals surface area contributed by atoms with Crippen molar-refractivity contribution in [2.24, 2.45) is 0 Å². The van der Waals surface area contributed by atoms with E-state index < -0.39 is 11.7 Å². The maximum Gasteiger partial charge on any atom is 0.416 e. The van der Waals surface area contributed by atoms with Crippen LogP contribution >= 0.6 is 23.2 Å². The normalized spacial score (nSPS) is 11.3. The summed E-state index contributed by atoms with van der Waals surface area (Å²) in [5, 5.41) is 5.08. The summed E-state index contributed by atoms with van der Waals surface area (Å²) >= 11 is 11.4. The molecule has 2 N–H and O–H groups in total. The van der Waals surface area contributed by atoms with Crippen LogP contribution in [0, 0.1) is 0 Å². The Hall–Kier alpha value is -1.80. The van der Waals surface area contributed by atoms with Crippen molar-refractivity contribution in [2.75, 3.05) is 17.7 Å². The van der Waals surface area contributed by atoms with Gasteiger partial charge < -0.3 is 10.6 Å². The first-order valence-corrected chi connectivity index (χ1v) is 6.27. The molecule has 1 aromatic heterocycles. The molecule has 0 aliphatic rings. The number of benzene rings is 1. The Labute approximate surface area is 127 Å². The Kier molecular flexibility index (Phi) is 4.38. The quantitative estimate of drug-likeness (QED) is 0.886. The molecule has 0 aliphatic carbocycles. The summed E-state index contributed by atoms with van der Waals surface area (Å²) in [5.41, 5.74) is -0.800. The number of aromatic nitrogens is 3. The van der Waals surface area contributed by atoms with E-state index in [-0.39, 0.29) is 27.9 Å². The molecule has 112 valence electrons. The van der Waals surface area contributed by atoms with Crippen molar-refractivity contribution in [3.8, 4) is 0 Å². The smallest absolute Gasteiger partial charge is 0.357 e. The molecular formula is C11H8Cl2F3N5. The van der Waals surface area contributed by atoms with Gasteiger partial charge in [0.2, 0.25) is 17.2 Å². The van der Waals surface area contributed by atoms with E-state index in [0.717, 1.165) is 12.1 Å². The van der Waals surface area contributed by atoms with Crippen molar-refractivity contribution >= 4 is 40.8 Å². The van der Waals surface area contributed by atoms with Crippen LogP contribution in [0.5, 0.6) is 0 Å². The van der Waals surface area contributed by atoms with E-state index >= 15 is 0 Å². The van der Waals surface area contributed by atoms with Gasteiger partial charge in [-0.1, -0.05) is 11.6 Å². The second-order valence-electron chi connectivity index (χ2n) is 3.85. The summed E-state index contributed by atoms with van der Waals surface area (Å²) in [6, 6.07) is 3.03. The van der Waals surface area contributed by atoms with Crippen molar-refractivity contribution in [1.29, 1.82) is 0 Å². The highest BCUT2D eigenvalue weighted by atomic mass is 35.5. The molecule has 0 unspecified atom stereocenters. The van der Waals surface area contributed by atoms with Crippen LogP contribution in [0.4, 0.5) is 30.8 Å². The highest BCUT2D eigenvalue weighted by molar-refractivity contribution is 6.31. The minimum Gasteiger partial charge on any atom is -0.357 e. The van der Waals surface area contributed by atoms with Gasteiger partial charge in [0.1, 0.15) is 0 Å². The molecule has 2 rings (SSSR count). The molecule has 0 saturated carbocycles. The number of hydrogen-bond acceptors (Lipinski definition) is 5. The first-order chi connectivity index (χ1) is 9.77. The van der Waals surface area contributed by atoms with Crippen molar-refractivity contribution in [3.05, 3.63) is 34.1 Å². The van der Waals surface area contributed by atoms with Gasteiger partial charge in [-0.05, 0) is 29.8 Å². The Balaban J connectivity index is 2.35. The summed E-state index contributed by atoms with van der Waals surface area (Å²) in [6.07, 6.45) is -4.51. The molecule has 2 aromatic rings. The van der Waals surface area contributed by atoms with Crippen LogP contribution in [0.25, 0.3) is 0 Å². The average Bonchev–Trinajstić information content (AvgIpc) is 2.36. The predicted molar refractivity (Wildman–Crippen MR) is 74.1 cm³/mol. The Morgan fingerprint density at radius 2 is 1.67 bits per heavy atom. The van der Waals surface area contributed by atoms with Crippen molar-refractivity contribution in [3.63, 3.8) is 0 Å². The fraction of sp³-hybridized carbons (Fsp3) is 0.182. The molecule has 10 heteroatoms. The average molecular weight is 338 g/mol. The summed E-state index contributed by atoms with van der Waals surface area (Å²) in [6.45, 7) is 0. The first kappa shape index (κ1) is 15.6. The second kappa shape index (κ2) is 5.90. The second-order valence-corrected chi connectivity index (χ2v) is 4.63. The van der Waals surface area contributed by atoms with Gasteiger partial charge in [0.05, 0.1) is 5.56 Å². The molecular weight excluding hydrogens is 330 g/mol. The molecule has 0 amide bonds. The molecule has 0 saturated heterocycles. The number of rotatable bonds is 3. The molecule has 21 heavy (non-hydrogen) atoms. The highest BCUT2D eigenvalue weighted by Crippen LogP contribution is 2.33. The van der Waals surface area contributed by atoms with Crippen molar-refractivity contribution in [2.45, 2.75) is 6.18 Å². The van der Waals surface area contributed by atoms with Crippen molar-refractivity contribution < 1.29 is 13.2 Å². The van der Waals surface area contributed by atoms with Gasteiger partial charge >= 0.3 is 6.18 Å². The lowest BCUT2D eigenvalue weighted by molar-refractivity contribution is -0.137. The first-order valence-electron chi connectivity index (χ1n) is 5.52. The number of halogens is 5. The third-order valence-corrected chi connectivity index (χ3v) is 2.70. The summed E-state index contributed by atoms with van der Waals surface area (Å²) in [4.78, 5) is 11.4. The summed E-state index contributed by atoms with van der Waals surface area (Å²) in [5.74, 6) is 0.172. The standard InChI is InChI=1S/C11H8Cl2F3N5/c1-17-9-19-8(13)20-10(21-9)18-7-3-5(11(14,15)16)2-6(12)4-7/h2-4H,1H3,(H2,17,18,19,20,21). The lowest BCUT2D eigenvalue weighted by Crippen LogP contribution is -2.07. The number of hydrogen-bond donors (Lipinski definition) is 2. The molecule has 0 aliphatic heterocycles. The van der Waals surface area contributed by atoms with Gasteiger partial charge in [-0.3, -0.25) is 0 Å². The SMILES string of the molecule is CNc1nc(Cl)nc(Nc2cc(Cl)cc(C(F)(F)F)c2)n1. The van der Waals surface area contributed by atoms with Crippen LogP contribution in [0.15, 0.2) is 18.2 Å². The monoisotopic (exact) mass is 337 g/mol. The lowest BCUT2D eigenvalue weighted by Gasteiger charge is -2.11. The molecule has 1 aromatic carbocycles. The van der Waals surface area contributed by atoms with Crippen LogP contribution < -0.4 is 10.6 Å². The minimum atomic E-state index is -4.51. The molecule has 5 nitrogen and oxygen atoms in total. The van der Waals surface area contributed by atoms with Crippen LogP contribution in [0.3, 0.4) is 0 Å². The molecule has 1 heterocycles. The lowest BCUT2D eigenvalue weighted by atomic mass is 10.2.